The second-order valence-electron chi connectivity index (χ2n) is 8.90. The van der Waals surface area contributed by atoms with Gasteiger partial charge < -0.3 is 15.3 Å². The molecule has 0 unspecified atom stereocenters. The summed E-state index contributed by atoms with van der Waals surface area (Å²) < 4.78 is 36.9. The molecule has 1 spiro atoms. The number of aromatic amines is 1. The number of alkyl halides is 3. The van der Waals surface area contributed by atoms with Gasteiger partial charge in [-0.2, -0.15) is 18.3 Å². The number of H-pyrrole nitrogens is 1. The number of amides is 2. The predicted octanol–water partition coefficient (Wildman–Crippen LogP) is 3.89. The molecule has 0 radical (unpaired) electrons. The fourth-order valence-electron chi connectivity index (χ4n) is 4.97. The van der Waals surface area contributed by atoms with Crippen molar-refractivity contribution in [3.63, 3.8) is 0 Å². The van der Waals surface area contributed by atoms with Crippen molar-refractivity contribution in [3.8, 4) is 5.75 Å². The Hall–Kier alpha value is -3.63. The number of hydrogen-bond acceptors (Lipinski definition) is 5. The second kappa shape index (κ2) is 9.55. The molecule has 1 aliphatic heterocycles. The zero-order valence-electron chi connectivity index (χ0n) is 19.2. The van der Waals surface area contributed by atoms with Crippen LogP contribution in [0, 0.1) is 6.92 Å². The Morgan fingerprint density at radius 1 is 1.23 bits per heavy atom. The van der Waals surface area contributed by atoms with Crippen molar-refractivity contribution < 1.29 is 27.9 Å². The summed E-state index contributed by atoms with van der Waals surface area (Å²) in [6.07, 6.45) is 2.92. The van der Waals surface area contributed by atoms with Gasteiger partial charge in [0.05, 0.1) is 17.8 Å². The molecule has 3 aromatic rings. The van der Waals surface area contributed by atoms with Crippen LogP contribution in [0.1, 0.15) is 43.2 Å². The number of pyridine rings is 1. The van der Waals surface area contributed by atoms with Crippen LogP contribution in [0.5, 0.6) is 5.75 Å². The maximum absolute atomic E-state index is 13.2. The summed E-state index contributed by atoms with van der Waals surface area (Å²) in [5.41, 5.74) is 2.67. The van der Waals surface area contributed by atoms with E-state index in [0.717, 1.165) is 48.6 Å². The van der Waals surface area contributed by atoms with Gasteiger partial charge in [0.2, 0.25) is 11.8 Å². The average molecular weight is 489 g/mol. The number of hydrogen-bond donors (Lipinski definition) is 3. The van der Waals surface area contributed by atoms with Crippen LogP contribution in [-0.4, -0.2) is 51.4 Å². The number of aryl methyl sites for hydroxylation is 1. The van der Waals surface area contributed by atoms with E-state index in [1.165, 1.54) is 11.1 Å². The Morgan fingerprint density at radius 2 is 1.97 bits per heavy atom. The van der Waals surface area contributed by atoms with Crippen LogP contribution in [0.25, 0.3) is 11.0 Å². The number of carbonyl (C=O) groups is 2. The molecule has 2 aromatic heterocycles. The Bertz CT molecular complexity index is 1230. The van der Waals surface area contributed by atoms with Gasteiger partial charge in [-0.25, -0.2) is 4.98 Å². The second-order valence-corrected chi connectivity index (χ2v) is 8.90. The van der Waals surface area contributed by atoms with Crippen molar-refractivity contribution in [1.82, 2.24) is 20.5 Å². The van der Waals surface area contributed by atoms with Crippen molar-refractivity contribution in [1.29, 1.82) is 0 Å². The van der Waals surface area contributed by atoms with Gasteiger partial charge in [-0.05, 0) is 43.0 Å². The molecule has 8 nitrogen and oxygen atoms in total. The lowest BCUT2D eigenvalue weighted by molar-refractivity contribution is -0.138. The normalized spacial score (nSPS) is 16.7. The molecule has 2 amide bonds. The standard InChI is InChI=1S/C18H21F3N2O2.C6H5N3O/c1-12-6-5-7-13-15(12)17(8-3-2-4-9-17)16(25)23(13)10-14(24)22-11-18(19,20)21;10-5-1-4-2-8-9-6(4)7-3-5/h5-7H,2-4,8-11H2,1H3,(H,22,24);1-3,10H,(H,7,8,9). The molecule has 0 saturated heterocycles. The number of nitrogens with one attached hydrogen (secondary N) is 2. The highest BCUT2D eigenvalue weighted by atomic mass is 19.4. The van der Waals surface area contributed by atoms with Crippen molar-refractivity contribution in [3.05, 3.63) is 47.8 Å². The highest BCUT2D eigenvalue weighted by Gasteiger charge is 2.52. The minimum atomic E-state index is -4.47. The molecule has 3 heterocycles. The number of fused-ring (bicyclic) bond motifs is 3. The van der Waals surface area contributed by atoms with E-state index in [0.29, 0.717) is 11.3 Å². The third-order valence-electron chi connectivity index (χ3n) is 6.45. The van der Waals surface area contributed by atoms with Gasteiger partial charge in [0.1, 0.15) is 18.8 Å². The van der Waals surface area contributed by atoms with E-state index >= 15 is 0 Å². The third kappa shape index (κ3) is 5.08. The third-order valence-corrected chi connectivity index (χ3v) is 6.45. The van der Waals surface area contributed by atoms with Crippen molar-refractivity contribution in [2.75, 3.05) is 18.0 Å². The molecule has 186 valence electrons. The molecule has 1 aromatic carbocycles. The zero-order chi connectivity index (χ0) is 25.2. The van der Waals surface area contributed by atoms with Gasteiger partial charge in [0, 0.05) is 11.1 Å². The van der Waals surface area contributed by atoms with E-state index in [1.807, 2.05) is 24.4 Å². The first-order chi connectivity index (χ1) is 16.6. The molecular weight excluding hydrogens is 463 g/mol. The Labute approximate surface area is 199 Å². The smallest absolute Gasteiger partial charge is 0.405 e. The molecule has 1 aliphatic carbocycles. The summed E-state index contributed by atoms with van der Waals surface area (Å²) >= 11 is 0. The van der Waals surface area contributed by atoms with Gasteiger partial charge in [-0.15, -0.1) is 0 Å². The molecule has 5 rings (SSSR count). The van der Waals surface area contributed by atoms with E-state index in [-0.39, 0.29) is 18.2 Å². The van der Waals surface area contributed by atoms with E-state index in [1.54, 1.807) is 18.3 Å². The fourth-order valence-corrected chi connectivity index (χ4v) is 4.97. The number of rotatable bonds is 3. The van der Waals surface area contributed by atoms with Crippen molar-refractivity contribution in [2.45, 2.75) is 50.6 Å². The summed E-state index contributed by atoms with van der Waals surface area (Å²) in [4.78, 5) is 30.3. The lowest BCUT2D eigenvalue weighted by Gasteiger charge is -2.33. The van der Waals surface area contributed by atoms with Crippen molar-refractivity contribution >= 4 is 28.5 Å². The Balaban J connectivity index is 0.000000239. The van der Waals surface area contributed by atoms with Crippen LogP contribution in [-0.2, 0) is 15.0 Å². The van der Waals surface area contributed by atoms with Crippen molar-refractivity contribution in [2.24, 2.45) is 0 Å². The average Bonchev–Trinajstić information content (AvgIpc) is 3.36. The summed E-state index contributed by atoms with van der Waals surface area (Å²) in [6, 6.07) is 7.13. The molecule has 2 aliphatic rings. The van der Waals surface area contributed by atoms with Crippen LogP contribution in [0.4, 0.5) is 18.9 Å². The van der Waals surface area contributed by atoms with E-state index in [4.69, 9.17) is 5.11 Å². The number of carbonyl (C=O) groups excluding carboxylic acids is 2. The number of benzene rings is 1. The van der Waals surface area contributed by atoms with Gasteiger partial charge >= 0.3 is 6.18 Å². The first-order valence-corrected chi connectivity index (χ1v) is 11.3. The predicted molar refractivity (Wildman–Crippen MR) is 123 cm³/mol. The highest BCUT2D eigenvalue weighted by Crippen LogP contribution is 2.51. The van der Waals surface area contributed by atoms with Crippen LogP contribution in [0.3, 0.4) is 0 Å². The minimum Gasteiger partial charge on any atom is -0.506 e. The lowest BCUT2D eigenvalue weighted by Crippen LogP contribution is -2.46. The first kappa shape index (κ1) is 24.5. The topological polar surface area (TPSA) is 111 Å². The molecule has 0 bridgehead atoms. The van der Waals surface area contributed by atoms with E-state index in [9.17, 15) is 22.8 Å². The highest BCUT2D eigenvalue weighted by molar-refractivity contribution is 6.11. The van der Waals surface area contributed by atoms with Crippen LogP contribution < -0.4 is 10.2 Å². The molecule has 3 N–H and O–H groups in total. The van der Waals surface area contributed by atoms with Crippen LogP contribution >= 0.6 is 0 Å². The molecule has 35 heavy (non-hydrogen) atoms. The molecule has 11 heteroatoms. The summed E-state index contributed by atoms with van der Waals surface area (Å²) in [5.74, 6) is -0.793. The number of halogens is 3. The van der Waals surface area contributed by atoms with E-state index < -0.39 is 24.0 Å². The van der Waals surface area contributed by atoms with Gasteiger partial charge in [-0.3, -0.25) is 14.7 Å². The van der Waals surface area contributed by atoms with Gasteiger partial charge in [0.25, 0.3) is 0 Å². The summed E-state index contributed by atoms with van der Waals surface area (Å²) in [7, 11) is 0. The quantitative estimate of drug-likeness (QED) is 0.517. The molecule has 1 fully saturated rings. The van der Waals surface area contributed by atoms with Gasteiger partial charge in [-0.1, -0.05) is 31.4 Å². The minimum absolute atomic E-state index is 0.154. The monoisotopic (exact) mass is 489 g/mol. The largest absolute Gasteiger partial charge is 0.506 e. The summed E-state index contributed by atoms with van der Waals surface area (Å²) in [5, 5.41) is 18.0. The zero-order valence-corrected chi connectivity index (χ0v) is 19.2. The van der Waals surface area contributed by atoms with Crippen LogP contribution in [0.15, 0.2) is 36.7 Å². The SMILES string of the molecule is Cc1cccc2c1C1(CCCCC1)C(=O)N2CC(=O)NCC(F)(F)F.Oc1cnc2[nH]ncc2c1. The van der Waals surface area contributed by atoms with Gasteiger partial charge in [0.15, 0.2) is 5.65 Å². The maximum Gasteiger partial charge on any atom is 0.405 e. The first-order valence-electron chi connectivity index (χ1n) is 11.3. The lowest BCUT2D eigenvalue weighted by atomic mass is 9.69. The Kier molecular flexibility index (Phi) is 6.68. The number of aromatic nitrogens is 3. The maximum atomic E-state index is 13.2. The summed E-state index contributed by atoms with van der Waals surface area (Å²) in [6.45, 7) is 0.169. The fraction of sp³-hybridized carbons (Fsp3) is 0.417. The Morgan fingerprint density at radius 3 is 2.69 bits per heavy atom. The molecule has 0 atom stereocenters. The number of anilines is 1. The molecule has 1 saturated carbocycles. The number of nitrogens with zero attached hydrogens (tertiary/aromatic N) is 3. The van der Waals surface area contributed by atoms with E-state index in [2.05, 4.69) is 15.2 Å². The number of aromatic hydroxyl groups is 1. The molecular formula is C24H26F3N5O3. The van der Waals surface area contributed by atoms with Crippen LogP contribution in [0.2, 0.25) is 0 Å².